The molecule has 1 aromatic heterocycles. The largest absolute Gasteiger partial charge is 0.309 e. The number of anilines is 1. The Morgan fingerprint density at radius 3 is 2.89 bits per heavy atom. The van der Waals surface area contributed by atoms with Gasteiger partial charge in [-0.05, 0) is 18.2 Å². The summed E-state index contributed by atoms with van der Waals surface area (Å²) < 4.78 is 13.1. The molecule has 0 radical (unpaired) electrons. The monoisotopic (exact) mass is 248 g/mol. The van der Waals surface area contributed by atoms with E-state index < -0.39 is 5.82 Å². The predicted octanol–water partition coefficient (Wildman–Crippen LogP) is 1.78. The maximum absolute atomic E-state index is 13.1. The summed E-state index contributed by atoms with van der Waals surface area (Å²) in [5.74, 6) is -0.0439. The quantitative estimate of drug-likeness (QED) is 0.900. The Morgan fingerprint density at radius 1 is 1.50 bits per heavy atom. The summed E-state index contributed by atoms with van der Waals surface area (Å²) in [6.07, 6.45) is 0.671. The highest BCUT2D eigenvalue weighted by atomic mass is 19.1. The van der Waals surface area contributed by atoms with Crippen molar-refractivity contribution in [2.45, 2.75) is 13.3 Å². The van der Waals surface area contributed by atoms with Gasteiger partial charge in [0, 0.05) is 19.2 Å². The number of benzene rings is 1. The molecule has 0 saturated carbocycles. The van der Waals surface area contributed by atoms with Gasteiger partial charge in [0.1, 0.15) is 11.6 Å². The number of nitrogens with zero attached hydrogens (tertiary/aromatic N) is 3. The second-order valence-corrected chi connectivity index (χ2v) is 3.80. The fourth-order valence-electron chi connectivity index (χ4n) is 1.50. The molecule has 2 aromatic rings. The van der Waals surface area contributed by atoms with Crippen molar-refractivity contribution in [1.29, 1.82) is 0 Å². The van der Waals surface area contributed by atoms with Crippen LogP contribution in [0.15, 0.2) is 24.3 Å². The van der Waals surface area contributed by atoms with Crippen LogP contribution >= 0.6 is 0 Å². The van der Waals surface area contributed by atoms with Crippen LogP contribution in [-0.4, -0.2) is 28.1 Å². The van der Waals surface area contributed by atoms with E-state index in [1.54, 1.807) is 19.2 Å². The number of hydrogen-bond donors (Lipinski definition) is 1. The number of aromatic amines is 1. The number of H-pyrrole nitrogens is 1. The van der Waals surface area contributed by atoms with Crippen LogP contribution in [-0.2, 0) is 6.42 Å². The molecule has 0 spiro atoms. The molecule has 2 rings (SSSR count). The summed E-state index contributed by atoms with van der Waals surface area (Å²) in [4.78, 5) is 17.4. The van der Waals surface area contributed by atoms with Gasteiger partial charge in [0.2, 0.25) is 5.82 Å². The van der Waals surface area contributed by atoms with E-state index in [9.17, 15) is 9.18 Å². The third kappa shape index (κ3) is 2.37. The Labute approximate surface area is 104 Å². The minimum atomic E-state index is -0.392. The molecule has 94 valence electrons. The first-order valence-corrected chi connectivity index (χ1v) is 5.56. The van der Waals surface area contributed by atoms with E-state index in [0.717, 1.165) is 0 Å². The summed E-state index contributed by atoms with van der Waals surface area (Å²) in [5.41, 5.74) is 0.461. The van der Waals surface area contributed by atoms with Gasteiger partial charge in [-0.2, -0.15) is 0 Å². The standard InChI is InChI=1S/C12H13FN4O/c1-3-10-14-11(16-15-10)12(18)17(2)9-6-4-5-8(13)7-9/h4-7H,3H2,1-2H3,(H,14,15,16). The van der Waals surface area contributed by atoms with Crippen LogP contribution in [0.5, 0.6) is 0 Å². The van der Waals surface area contributed by atoms with Gasteiger partial charge in [0.05, 0.1) is 0 Å². The van der Waals surface area contributed by atoms with E-state index >= 15 is 0 Å². The number of rotatable bonds is 3. The third-order valence-corrected chi connectivity index (χ3v) is 2.56. The minimum Gasteiger partial charge on any atom is -0.309 e. The van der Waals surface area contributed by atoms with Gasteiger partial charge in [-0.15, -0.1) is 5.10 Å². The fraction of sp³-hybridized carbons (Fsp3) is 0.250. The van der Waals surface area contributed by atoms with Crippen LogP contribution in [0.2, 0.25) is 0 Å². The molecular weight excluding hydrogens is 235 g/mol. The first-order chi connectivity index (χ1) is 8.61. The zero-order valence-corrected chi connectivity index (χ0v) is 10.1. The zero-order valence-electron chi connectivity index (χ0n) is 10.1. The number of aromatic nitrogens is 3. The average Bonchev–Trinajstić information content (AvgIpc) is 2.85. The van der Waals surface area contributed by atoms with Crippen molar-refractivity contribution in [2.75, 3.05) is 11.9 Å². The van der Waals surface area contributed by atoms with Gasteiger partial charge in [0.15, 0.2) is 0 Å². The zero-order chi connectivity index (χ0) is 13.1. The van der Waals surface area contributed by atoms with Crippen molar-refractivity contribution in [3.63, 3.8) is 0 Å². The highest BCUT2D eigenvalue weighted by Gasteiger charge is 2.18. The molecule has 0 aliphatic rings. The first-order valence-electron chi connectivity index (χ1n) is 5.56. The Bertz CT molecular complexity index is 567. The smallest absolute Gasteiger partial charge is 0.297 e. The summed E-state index contributed by atoms with van der Waals surface area (Å²) in [7, 11) is 1.55. The predicted molar refractivity (Wildman–Crippen MR) is 64.9 cm³/mol. The molecule has 0 aliphatic heterocycles. The SMILES string of the molecule is CCc1nc(C(=O)N(C)c2cccc(F)c2)n[nH]1. The maximum Gasteiger partial charge on any atom is 0.297 e. The molecule has 1 amide bonds. The topological polar surface area (TPSA) is 61.9 Å². The Hall–Kier alpha value is -2.24. The van der Waals surface area contributed by atoms with Gasteiger partial charge in [-0.3, -0.25) is 9.89 Å². The molecule has 5 nitrogen and oxygen atoms in total. The number of amides is 1. The van der Waals surface area contributed by atoms with E-state index in [-0.39, 0.29) is 11.7 Å². The summed E-state index contributed by atoms with van der Waals surface area (Å²) in [5, 5.41) is 6.51. The number of nitrogens with one attached hydrogen (secondary N) is 1. The van der Waals surface area contributed by atoms with Crippen LogP contribution in [0.3, 0.4) is 0 Å². The molecule has 0 atom stereocenters. The van der Waals surface area contributed by atoms with Crippen LogP contribution < -0.4 is 4.90 Å². The highest BCUT2D eigenvalue weighted by Crippen LogP contribution is 2.15. The second kappa shape index (κ2) is 4.95. The molecule has 0 bridgehead atoms. The van der Waals surface area contributed by atoms with Crippen LogP contribution in [0, 0.1) is 5.82 Å². The van der Waals surface area contributed by atoms with Crippen molar-refractivity contribution >= 4 is 11.6 Å². The second-order valence-electron chi connectivity index (χ2n) is 3.80. The molecule has 18 heavy (non-hydrogen) atoms. The van der Waals surface area contributed by atoms with E-state index in [1.807, 2.05) is 6.92 Å². The van der Waals surface area contributed by atoms with Gasteiger partial charge in [-0.1, -0.05) is 13.0 Å². The van der Waals surface area contributed by atoms with Crippen molar-refractivity contribution in [1.82, 2.24) is 15.2 Å². The van der Waals surface area contributed by atoms with Crippen LogP contribution in [0.4, 0.5) is 10.1 Å². The molecular formula is C12H13FN4O. The summed E-state index contributed by atoms with van der Waals surface area (Å²) >= 11 is 0. The third-order valence-electron chi connectivity index (χ3n) is 2.56. The van der Waals surface area contributed by atoms with Crippen molar-refractivity contribution in [3.8, 4) is 0 Å². The van der Waals surface area contributed by atoms with Gasteiger partial charge >= 0.3 is 0 Å². The number of aryl methyl sites for hydroxylation is 1. The Balaban J connectivity index is 2.23. The van der Waals surface area contributed by atoms with Crippen LogP contribution in [0.1, 0.15) is 23.4 Å². The Kier molecular flexibility index (Phi) is 3.36. The van der Waals surface area contributed by atoms with Crippen molar-refractivity contribution in [2.24, 2.45) is 0 Å². The molecule has 0 saturated heterocycles. The normalized spacial score (nSPS) is 10.4. The number of halogens is 1. The summed E-state index contributed by atoms with van der Waals surface area (Å²) in [6, 6.07) is 5.80. The lowest BCUT2D eigenvalue weighted by Crippen LogP contribution is -2.27. The Morgan fingerprint density at radius 2 is 2.28 bits per heavy atom. The average molecular weight is 248 g/mol. The van der Waals surface area contributed by atoms with Gasteiger partial charge in [-0.25, -0.2) is 9.37 Å². The first kappa shape index (κ1) is 12.2. The van der Waals surface area contributed by atoms with Gasteiger partial charge in [0.25, 0.3) is 5.91 Å². The van der Waals surface area contributed by atoms with Gasteiger partial charge < -0.3 is 4.90 Å². The lowest BCUT2D eigenvalue weighted by molar-refractivity contribution is 0.0983. The van der Waals surface area contributed by atoms with Crippen LogP contribution in [0.25, 0.3) is 0 Å². The molecule has 1 aromatic carbocycles. The highest BCUT2D eigenvalue weighted by molar-refractivity contribution is 6.03. The summed E-state index contributed by atoms with van der Waals surface area (Å²) in [6.45, 7) is 1.91. The molecule has 1 heterocycles. The molecule has 0 fully saturated rings. The number of carbonyl (C=O) groups is 1. The number of carbonyl (C=O) groups excluding carboxylic acids is 1. The van der Waals surface area contributed by atoms with E-state index in [2.05, 4.69) is 15.2 Å². The lowest BCUT2D eigenvalue weighted by atomic mass is 10.3. The van der Waals surface area contributed by atoms with Crippen molar-refractivity contribution < 1.29 is 9.18 Å². The molecule has 1 N–H and O–H groups in total. The number of hydrogen-bond acceptors (Lipinski definition) is 3. The fourth-order valence-corrected chi connectivity index (χ4v) is 1.50. The lowest BCUT2D eigenvalue weighted by Gasteiger charge is -2.15. The van der Waals surface area contributed by atoms with E-state index in [4.69, 9.17) is 0 Å². The molecule has 0 aliphatic carbocycles. The maximum atomic E-state index is 13.1. The molecule has 0 unspecified atom stereocenters. The molecule has 6 heteroatoms. The van der Waals surface area contributed by atoms with E-state index in [1.165, 1.54) is 17.0 Å². The van der Waals surface area contributed by atoms with Crippen molar-refractivity contribution in [3.05, 3.63) is 41.7 Å². The minimum absolute atomic E-state index is 0.0820. The van der Waals surface area contributed by atoms with E-state index in [0.29, 0.717) is 17.9 Å².